The number of aliphatic hydroxyl groups is 1. The van der Waals surface area contributed by atoms with Gasteiger partial charge in [-0.3, -0.25) is 0 Å². The van der Waals surface area contributed by atoms with E-state index < -0.39 is 19.1 Å². The van der Waals surface area contributed by atoms with E-state index in [2.05, 4.69) is 12.2 Å². The fourth-order valence-corrected chi connectivity index (χ4v) is 2.06. The van der Waals surface area contributed by atoms with E-state index in [4.69, 9.17) is 5.11 Å². The molecule has 0 unspecified atom stereocenters. The molecule has 5 heteroatoms. The lowest BCUT2D eigenvalue weighted by Gasteiger charge is -2.13. The minimum absolute atomic E-state index is 0.431. The summed E-state index contributed by atoms with van der Waals surface area (Å²) in [5.74, 6) is -3.02. The Kier molecular flexibility index (Phi) is 4.63. The molecule has 0 aliphatic heterocycles. The monoisotopic (exact) mass is 235 g/mol. The number of hydrogen-bond acceptors (Lipinski definition) is 3. The highest BCUT2D eigenvalue weighted by molar-refractivity contribution is 7.11. The van der Waals surface area contributed by atoms with Crippen LogP contribution in [0.3, 0.4) is 0 Å². The van der Waals surface area contributed by atoms with Crippen LogP contribution in [-0.4, -0.2) is 24.2 Å². The highest BCUT2D eigenvalue weighted by Crippen LogP contribution is 2.17. The van der Waals surface area contributed by atoms with Crippen LogP contribution in [0, 0.1) is 0 Å². The van der Waals surface area contributed by atoms with Crippen LogP contribution in [0.4, 0.5) is 8.78 Å². The van der Waals surface area contributed by atoms with Gasteiger partial charge in [0.2, 0.25) is 0 Å². The second-order valence-corrected chi connectivity index (χ2v) is 4.59. The summed E-state index contributed by atoms with van der Waals surface area (Å²) in [6.07, 6.45) is 0.970. The van der Waals surface area contributed by atoms with E-state index >= 15 is 0 Å². The number of alkyl halides is 2. The van der Waals surface area contributed by atoms with Crippen molar-refractivity contribution in [1.82, 2.24) is 5.32 Å². The number of halogens is 2. The molecule has 86 valence electrons. The Morgan fingerprint density at radius 1 is 1.40 bits per heavy atom. The average molecular weight is 235 g/mol. The van der Waals surface area contributed by atoms with Gasteiger partial charge in [0.05, 0.1) is 6.54 Å². The maximum atomic E-state index is 12.6. The molecule has 2 nitrogen and oxygen atoms in total. The van der Waals surface area contributed by atoms with Gasteiger partial charge in [-0.25, -0.2) is 8.78 Å². The molecule has 0 radical (unpaired) electrons. The zero-order chi connectivity index (χ0) is 11.3. The summed E-state index contributed by atoms with van der Waals surface area (Å²) >= 11 is 1.62. The number of aliphatic hydroxyl groups excluding tert-OH is 1. The first-order valence-electron chi connectivity index (χ1n) is 4.84. The van der Waals surface area contributed by atoms with Crippen LogP contribution < -0.4 is 5.32 Å². The third-order valence-electron chi connectivity index (χ3n) is 1.98. The summed E-state index contributed by atoms with van der Waals surface area (Å²) in [5.41, 5.74) is 0. The van der Waals surface area contributed by atoms with Crippen molar-refractivity contribution in [3.8, 4) is 0 Å². The van der Waals surface area contributed by atoms with Crippen molar-refractivity contribution in [3.05, 3.63) is 21.9 Å². The van der Waals surface area contributed by atoms with Gasteiger partial charge in [0.25, 0.3) is 5.92 Å². The van der Waals surface area contributed by atoms with Gasteiger partial charge < -0.3 is 10.4 Å². The lowest BCUT2D eigenvalue weighted by molar-refractivity contribution is -0.0477. The van der Waals surface area contributed by atoms with Crippen molar-refractivity contribution in [3.63, 3.8) is 0 Å². The number of nitrogens with one attached hydrogen (secondary N) is 1. The van der Waals surface area contributed by atoms with Gasteiger partial charge in [-0.05, 0) is 18.6 Å². The Labute approximate surface area is 91.9 Å². The van der Waals surface area contributed by atoms with E-state index in [0.717, 1.165) is 11.3 Å². The van der Waals surface area contributed by atoms with E-state index in [-0.39, 0.29) is 0 Å². The van der Waals surface area contributed by atoms with Crippen molar-refractivity contribution < 1.29 is 13.9 Å². The first kappa shape index (κ1) is 12.5. The molecule has 0 aliphatic carbocycles. The molecule has 0 saturated heterocycles. The van der Waals surface area contributed by atoms with Crippen LogP contribution in [0.1, 0.15) is 16.7 Å². The molecule has 1 heterocycles. The molecule has 2 N–H and O–H groups in total. The second kappa shape index (κ2) is 5.53. The lowest BCUT2D eigenvalue weighted by Crippen LogP contribution is -2.35. The van der Waals surface area contributed by atoms with Crippen molar-refractivity contribution in [2.24, 2.45) is 0 Å². The molecule has 0 amide bonds. The standard InChI is InChI=1S/C10H15F2NOS/c1-2-8-3-4-9(15-8)5-13-6-10(11,12)7-14/h3-4,13-14H,2,5-7H2,1H3. The van der Waals surface area contributed by atoms with Gasteiger partial charge in [0, 0.05) is 16.3 Å². The molecule has 1 rings (SSSR count). The molecule has 1 aromatic rings. The molecule has 0 aromatic carbocycles. The second-order valence-electron chi connectivity index (χ2n) is 3.34. The van der Waals surface area contributed by atoms with Gasteiger partial charge in [0.15, 0.2) is 0 Å². The van der Waals surface area contributed by atoms with Crippen LogP contribution in [0.2, 0.25) is 0 Å². The van der Waals surface area contributed by atoms with Crippen LogP contribution >= 0.6 is 11.3 Å². The maximum absolute atomic E-state index is 12.6. The summed E-state index contributed by atoms with van der Waals surface area (Å²) in [5, 5.41) is 11.0. The highest BCUT2D eigenvalue weighted by atomic mass is 32.1. The van der Waals surface area contributed by atoms with Crippen LogP contribution in [-0.2, 0) is 13.0 Å². The van der Waals surface area contributed by atoms with Gasteiger partial charge in [-0.1, -0.05) is 6.92 Å². The van der Waals surface area contributed by atoms with Crippen LogP contribution in [0.15, 0.2) is 12.1 Å². The molecular formula is C10H15F2NOS. The predicted molar refractivity (Wildman–Crippen MR) is 57.4 cm³/mol. The molecule has 0 saturated carbocycles. The van der Waals surface area contributed by atoms with E-state index in [9.17, 15) is 8.78 Å². The highest BCUT2D eigenvalue weighted by Gasteiger charge is 2.26. The summed E-state index contributed by atoms with van der Waals surface area (Å²) < 4.78 is 25.2. The van der Waals surface area contributed by atoms with Crippen molar-refractivity contribution in [1.29, 1.82) is 0 Å². The topological polar surface area (TPSA) is 32.3 Å². The smallest absolute Gasteiger partial charge is 0.282 e. The lowest BCUT2D eigenvalue weighted by atomic mass is 10.3. The number of rotatable bonds is 6. The molecule has 1 aromatic heterocycles. The van der Waals surface area contributed by atoms with Crippen LogP contribution in [0.25, 0.3) is 0 Å². The summed E-state index contributed by atoms with van der Waals surface area (Å²) in [6.45, 7) is 0.900. The number of aryl methyl sites for hydroxylation is 1. The Hall–Kier alpha value is -0.520. The van der Waals surface area contributed by atoms with Crippen LogP contribution in [0.5, 0.6) is 0 Å². The largest absolute Gasteiger partial charge is 0.390 e. The quantitative estimate of drug-likeness (QED) is 0.790. The summed E-state index contributed by atoms with van der Waals surface area (Å²) in [4.78, 5) is 2.29. The Bertz CT molecular complexity index is 301. The zero-order valence-corrected chi connectivity index (χ0v) is 9.41. The Balaban J connectivity index is 2.31. The van der Waals surface area contributed by atoms with E-state index in [1.807, 2.05) is 12.1 Å². The maximum Gasteiger partial charge on any atom is 0.282 e. The molecule has 0 fully saturated rings. The van der Waals surface area contributed by atoms with Gasteiger partial charge in [0.1, 0.15) is 6.61 Å². The molecule has 0 bridgehead atoms. The van der Waals surface area contributed by atoms with Crippen molar-refractivity contribution >= 4 is 11.3 Å². The number of hydrogen-bond donors (Lipinski definition) is 2. The summed E-state index contributed by atoms with van der Waals surface area (Å²) in [7, 11) is 0. The van der Waals surface area contributed by atoms with E-state index in [1.165, 1.54) is 4.88 Å². The van der Waals surface area contributed by atoms with Gasteiger partial charge >= 0.3 is 0 Å². The number of thiophene rings is 1. The van der Waals surface area contributed by atoms with Gasteiger partial charge in [-0.2, -0.15) is 0 Å². The van der Waals surface area contributed by atoms with Gasteiger partial charge in [-0.15, -0.1) is 11.3 Å². The zero-order valence-electron chi connectivity index (χ0n) is 8.59. The van der Waals surface area contributed by atoms with Crippen molar-refractivity contribution in [2.75, 3.05) is 13.2 Å². The molecule has 15 heavy (non-hydrogen) atoms. The van der Waals surface area contributed by atoms with Crippen molar-refractivity contribution in [2.45, 2.75) is 25.8 Å². The average Bonchev–Trinajstić information content (AvgIpc) is 2.66. The molecule has 0 atom stereocenters. The normalized spacial score (nSPS) is 12.0. The predicted octanol–water partition coefficient (Wildman–Crippen LogP) is 2.03. The minimum Gasteiger partial charge on any atom is -0.390 e. The van der Waals surface area contributed by atoms with E-state index in [1.54, 1.807) is 11.3 Å². The third kappa shape index (κ3) is 4.24. The first-order chi connectivity index (χ1) is 7.07. The fourth-order valence-electron chi connectivity index (χ4n) is 1.13. The molecular weight excluding hydrogens is 220 g/mol. The minimum atomic E-state index is -3.02. The summed E-state index contributed by atoms with van der Waals surface area (Å²) in [6, 6.07) is 3.94. The fraction of sp³-hybridized carbons (Fsp3) is 0.600. The molecule has 0 aliphatic rings. The Morgan fingerprint density at radius 3 is 2.60 bits per heavy atom. The molecule has 0 spiro atoms. The first-order valence-corrected chi connectivity index (χ1v) is 5.66. The van der Waals surface area contributed by atoms with E-state index in [0.29, 0.717) is 6.54 Å². The SMILES string of the molecule is CCc1ccc(CNCC(F)(F)CO)s1. The Morgan fingerprint density at radius 2 is 2.07 bits per heavy atom. The third-order valence-corrected chi connectivity index (χ3v) is 3.21.